The number of hydrogen-bond donors (Lipinski definition) is 0. The molecule has 1 nitrogen and oxygen atoms in total. The summed E-state index contributed by atoms with van der Waals surface area (Å²) in [4.78, 5) is 5.22. The van der Waals surface area contributed by atoms with Crippen molar-refractivity contribution in [1.29, 1.82) is 0 Å². The lowest BCUT2D eigenvalue weighted by Gasteiger charge is -1.90. The first-order valence-electron chi connectivity index (χ1n) is 4.33. The smallest absolute Gasteiger partial charge is 0.0772 e. The molecule has 0 amide bonds. The Morgan fingerprint density at radius 1 is 1.29 bits per heavy atom. The van der Waals surface area contributed by atoms with E-state index in [2.05, 4.69) is 16.8 Å². The number of nitrogens with zero attached hydrogens (tertiary/aromatic N) is 1. The molecule has 0 aliphatic rings. The zero-order valence-electron chi connectivity index (χ0n) is 7.82. The van der Waals surface area contributed by atoms with Crippen molar-refractivity contribution < 1.29 is 0 Å². The summed E-state index contributed by atoms with van der Waals surface area (Å²) < 4.78 is 0. The highest BCUT2D eigenvalue weighted by Crippen LogP contribution is 2.06. The van der Waals surface area contributed by atoms with E-state index in [0.717, 1.165) is 16.1 Å². The monoisotopic (exact) mass is 199 g/mol. The van der Waals surface area contributed by atoms with Crippen LogP contribution in [0.15, 0.2) is 35.8 Å². The fourth-order valence-corrected chi connectivity index (χ4v) is 1.68. The number of aryl methyl sites for hydroxylation is 1. The van der Waals surface area contributed by atoms with Crippen molar-refractivity contribution >= 4 is 11.3 Å². The zero-order valence-corrected chi connectivity index (χ0v) is 8.64. The molecule has 0 bridgehead atoms. The molecule has 2 rings (SSSR count). The summed E-state index contributed by atoms with van der Waals surface area (Å²) in [7, 11) is 0. The first kappa shape index (κ1) is 8.98. The standard InChI is InChI=1S/C12H9NS/c1-10-9-11(6-7-13-10)4-5-12-3-2-8-14-12/h2-3,6-9H,1H3. The van der Waals surface area contributed by atoms with Gasteiger partial charge in [-0.15, -0.1) is 11.3 Å². The fraction of sp³-hybridized carbons (Fsp3) is 0.0833. The van der Waals surface area contributed by atoms with E-state index in [0.29, 0.717) is 0 Å². The average Bonchev–Trinajstić information content (AvgIpc) is 2.67. The molecule has 2 aromatic rings. The maximum atomic E-state index is 4.12. The number of rotatable bonds is 0. The van der Waals surface area contributed by atoms with Crippen LogP contribution in [-0.2, 0) is 0 Å². The molecule has 0 aliphatic carbocycles. The lowest BCUT2D eigenvalue weighted by Crippen LogP contribution is -1.80. The average molecular weight is 199 g/mol. The van der Waals surface area contributed by atoms with Gasteiger partial charge in [0.2, 0.25) is 0 Å². The topological polar surface area (TPSA) is 12.9 Å². The van der Waals surface area contributed by atoms with E-state index in [-0.39, 0.29) is 0 Å². The molecule has 2 heteroatoms. The largest absolute Gasteiger partial charge is 0.262 e. The van der Waals surface area contributed by atoms with Crippen LogP contribution in [0, 0.1) is 18.8 Å². The van der Waals surface area contributed by atoms with Gasteiger partial charge >= 0.3 is 0 Å². The molecule has 14 heavy (non-hydrogen) atoms. The van der Waals surface area contributed by atoms with Gasteiger partial charge in [0, 0.05) is 17.5 Å². The Hall–Kier alpha value is -1.59. The predicted octanol–water partition coefficient (Wildman–Crippen LogP) is 2.85. The first-order chi connectivity index (χ1) is 6.84. The van der Waals surface area contributed by atoms with Gasteiger partial charge < -0.3 is 0 Å². The van der Waals surface area contributed by atoms with Gasteiger partial charge in [0.15, 0.2) is 0 Å². The predicted molar refractivity (Wildman–Crippen MR) is 59.3 cm³/mol. The van der Waals surface area contributed by atoms with Gasteiger partial charge in [-0.25, -0.2) is 0 Å². The molecule has 2 heterocycles. The summed E-state index contributed by atoms with van der Waals surface area (Å²) in [6, 6.07) is 7.94. The second-order valence-electron chi connectivity index (χ2n) is 2.91. The number of aromatic nitrogens is 1. The molecular weight excluding hydrogens is 190 g/mol. The van der Waals surface area contributed by atoms with Crippen LogP contribution in [0.2, 0.25) is 0 Å². The van der Waals surface area contributed by atoms with Crippen molar-refractivity contribution in [2.75, 3.05) is 0 Å². The molecule has 0 spiro atoms. The van der Waals surface area contributed by atoms with Crippen LogP contribution in [-0.4, -0.2) is 4.98 Å². The minimum Gasteiger partial charge on any atom is -0.262 e. The molecule has 0 N–H and O–H groups in total. The number of hydrogen-bond acceptors (Lipinski definition) is 2. The summed E-state index contributed by atoms with van der Waals surface area (Å²) in [5, 5.41) is 2.03. The van der Waals surface area contributed by atoms with Crippen LogP contribution < -0.4 is 0 Å². The van der Waals surface area contributed by atoms with Gasteiger partial charge in [-0.3, -0.25) is 4.98 Å². The van der Waals surface area contributed by atoms with E-state index < -0.39 is 0 Å². The molecule has 68 valence electrons. The lowest BCUT2D eigenvalue weighted by molar-refractivity contribution is 1.19. The van der Waals surface area contributed by atoms with Crippen molar-refractivity contribution in [2.24, 2.45) is 0 Å². The maximum absolute atomic E-state index is 4.12. The quantitative estimate of drug-likeness (QED) is 0.594. The third kappa shape index (κ3) is 2.21. The van der Waals surface area contributed by atoms with Crippen molar-refractivity contribution in [2.45, 2.75) is 6.92 Å². The molecule has 0 aromatic carbocycles. The van der Waals surface area contributed by atoms with E-state index in [4.69, 9.17) is 0 Å². The zero-order chi connectivity index (χ0) is 9.80. The number of thiophene rings is 1. The molecule has 0 unspecified atom stereocenters. The third-order valence-corrected chi connectivity index (χ3v) is 2.53. The van der Waals surface area contributed by atoms with Gasteiger partial charge in [-0.1, -0.05) is 17.9 Å². The van der Waals surface area contributed by atoms with Crippen LogP contribution in [0.5, 0.6) is 0 Å². The Kier molecular flexibility index (Phi) is 2.62. The minimum absolute atomic E-state index is 1.00. The van der Waals surface area contributed by atoms with Gasteiger partial charge in [-0.05, 0) is 30.5 Å². The molecule has 0 radical (unpaired) electrons. The van der Waals surface area contributed by atoms with E-state index in [9.17, 15) is 0 Å². The summed E-state index contributed by atoms with van der Waals surface area (Å²) in [6.07, 6.45) is 1.79. The molecule has 0 saturated carbocycles. The fourth-order valence-electron chi connectivity index (χ4n) is 1.11. The Labute approximate surface area is 87.4 Å². The second-order valence-corrected chi connectivity index (χ2v) is 3.86. The van der Waals surface area contributed by atoms with Crippen molar-refractivity contribution in [3.8, 4) is 11.8 Å². The summed E-state index contributed by atoms with van der Waals surface area (Å²) >= 11 is 1.66. The van der Waals surface area contributed by atoms with E-state index >= 15 is 0 Å². The summed E-state index contributed by atoms with van der Waals surface area (Å²) in [5.41, 5.74) is 2.02. The van der Waals surface area contributed by atoms with Crippen molar-refractivity contribution in [3.63, 3.8) is 0 Å². The lowest BCUT2D eigenvalue weighted by atomic mass is 10.2. The normalized spacial score (nSPS) is 9.21. The van der Waals surface area contributed by atoms with Crippen LogP contribution in [0.25, 0.3) is 0 Å². The van der Waals surface area contributed by atoms with Crippen LogP contribution in [0.4, 0.5) is 0 Å². The van der Waals surface area contributed by atoms with E-state index in [1.54, 1.807) is 17.5 Å². The Morgan fingerprint density at radius 2 is 2.21 bits per heavy atom. The van der Waals surface area contributed by atoms with Crippen molar-refractivity contribution in [3.05, 3.63) is 52.0 Å². The van der Waals surface area contributed by atoms with Crippen LogP contribution in [0.1, 0.15) is 16.1 Å². The Bertz CT molecular complexity index is 475. The summed E-state index contributed by atoms with van der Waals surface area (Å²) in [6.45, 7) is 1.97. The third-order valence-electron chi connectivity index (χ3n) is 1.75. The maximum Gasteiger partial charge on any atom is 0.0772 e. The highest BCUT2D eigenvalue weighted by Gasteiger charge is 1.88. The number of pyridine rings is 1. The van der Waals surface area contributed by atoms with Crippen LogP contribution >= 0.6 is 11.3 Å². The van der Waals surface area contributed by atoms with E-state index in [1.807, 2.05) is 36.6 Å². The van der Waals surface area contributed by atoms with E-state index in [1.165, 1.54) is 0 Å². The molecule has 0 fully saturated rings. The van der Waals surface area contributed by atoms with Gasteiger partial charge in [0.05, 0.1) is 4.88 Å². The van der Waals surface area contributed by atoms with Crippen LogP contribution in [0.3, 0.4) is 0 Å². The highest BCUT2D eigenvalue weighted by atomic mass is 32.1. The summed E-state index contributed by atoms with van der Waals surface area (Å²) in [5.74, 6) is 6.22. The van der Waals surface area contributed by atoms with Crippen molar-refractivity contribution in [1.82, 2.24) is 4.98 Å². The second kappa shape index (κ2) is 4.08. The molecule has 0 aliphatic heterocycles. The Morgan fingerprint density at radius 3 is 2.93 bits per heavy atom. The minimum atomic E-state index is 1.00. The van der Waals surface area contributed by atoms with Gasteiger partial charge in [0.25, 0.3) is 0 Å². The van der Waals surface area contributed by atoms with Gasteiger partial charge in [-0.2, -0.15) is 0 Å². The molecule has 0 atom stereocenters. The first-order valence-corrected chi connectivity index (χ1v) is 5.21. The molecular formula is C12H9NS. The molecule has 2 aromatic heterocycles. The Balaban J connectivity index is 2.26. The highest BCUT2D eigenvalue weighted by molar-refractivity contribution is 7.10. The SMILES string of the molecule is Cc1cc(C#Cc2cccs2)ccn1. The molecule has 0 saturated heterocycles. The van der Waals surface area contributed by atoms with Gasteiger partial charge in [0.1, 0.15) is 0 Å².